The predicted octanol–water partition coefficient (Wildman–Crippen LogP) is 14.9. The van der Waals surface area contributed by atoms with Crippen molar-refractivity contribution in [1.82, 2.24) is 15.0 Å². The minimum absolute atomic E-state index is 0.107. The second-order valence-corrected chi connectivity index (χ2v) is 13.8. The topological polar surface area (TPSA) is 38.7 Å². The number of rotatable bonds is 9. The summed E-state index contributed by atoms with van der Waals surface area (Å²) in [6.07, 6.45) is 0. The van der Waals surface area contributed by atoms with Gasteiger partial charge >= 0.3 is 0 Å². The fraction of sp³-hybridized carbons (Fsp3) is 0. The van der Waals surface area contributed by atoms with Gasteiger partial charge in [-0.25, -0.2) is 15.0 Å². The zero-order valence-corrected chi connectivity index (χ0v) is 31.7. The van der Waals surface area contributed by atoms with Crippen molar-refractivity contribution in [2.45, 2.75) is 0 Å². The molecule has 0 saturated carbocycles. The van der Waals surface area contributed by atoms with Crippen LogP contribution in [0, 0.1) is 0 Å². The third-order valence-electron chi connectivity index (χ3n) is 10.0. The van der Waals surface area contributed by atoms with Crippen LogP contribution in [0.1, 0.15) is 20.6 Å². The van der Waals surface area contributed by atoms with Crippen LogP contribution in [0.3, 0.4) is 0 Å². The molecule has 282 valence electrons. The van der Waals surface area contributed by atoms with Crippen molar-refractivity contribution >= 4 is 0 Å². The summed E-state index contributed by atoms with van der Waals surface area (Å²) in [5.74, 6) is 1.07. The first kappa shape index (κ1) is 23.4. The summed E-state index contributed by atoms with van der Waals surface area (Å²) >= 11 is 0. The Balaban J connectivity index is 1.04. The van der Waals surface area contributed by atoms with E-state index in [1.165, 1.54) is 0 Å². The van der Waals surface area contributed by atoms with Crippen LogP contribution in [0.15, 0.2) is 236 Å². The summed E-state index contributed by atoms with van der Waals surface area (Å²) in [5, 5.41) is 0. The summed E-state index contributed by atoms with van der Waals surface area (Å²) in [7, 11) is 0. The van der Waals surface area contributed by atoms with Gasteiger partial charge in [0.25, 0.3) is 0 Å². The van der Waals surface area contributed by atoms with Crippen molar-refractivity contribution in [3.05, 3.63) is 236 Å². The lowest BCUT2D eigenvalue weighted by atomic mass is 9.98. The van der Waals surface area contributed by atoms with Crippen LogP contribution < -0.4 is 0 Å². The maximum absolute atomic E-state index is 8.47. The molecule has 0 atom stereocenters. The molecule has 0 aliphatic carbocycles. The normalized spacial score (nSPS) is 14.5. The summed E-state index contributed by atoms with van der Waals surface area (Å²) in [5.41, 5.74) is 8.47. The molecule has 1 heterocycles. The minimum Gasteiger partial charge on any atom is -0.208 e. The first-order valence-corrected chi connectivity index (χ1v) is 19.0. The molecule has 0 radical (unpaired) electrons. The van der Waals surface area contributed by atoms with Crippen LogP contribution >= 0.6 is 0 Å². The van der Waals surface area contributed by atoms with Gasteiger partial charge in [-0.05, 0) is 85.0 Å². The molecule has 9 aromatic carbocycles. The predicted molar refractivity (Wildman–Crippen MR) is 249 cm³/mol. The number of hydrogen-bond acceptors (Lipinski definition) is 3. The summed E-state index contributed by atoms with van der Waals surface area (Å²) < 4.78 is 124. The second-order valence-electron chi connectivity index (χ2n) is 13.8. The van der Waals surface area contributed by atoms with Crippen LogP contribution in [0.25, 0.3) is 101 Å². The van der Waals surface area contributed by atoms with Gasteiger partial charge in [0.2, 0.25) is 0 Å². The molecule has 0 unspecified atom stereocenters. The molecule has 1 aromatic heterocycles. The Labute approximate surface area is 372 Å². The third-order valence-corrected chi connectivity index (χ3v) is 10.0. The van der Waals surface area contributed by atoms with E-state index in [-0.39, 0.29) is 52.9 Å². The van der Waals surface area contributed by atoms with E-state index in [0.29, 0.717) is 50.9 Å². The maximum Gasteiger partial charge on any atom is 0.164 e. The quantitative estimate of drug-likeness (QED) is 0.146. The number of nitrogens with zero attached hydrogens (tertiary/aromatic N) is 3. The molecule has 0 aliphatic heterocycles. The molecule has 0 N–H and O–H groups in total. The van der Waals surface area contributed by atoms with Crippen LogP contribution in [0.2, 0.25) is 0 Å². The molecule has 10 aromatic rings. The Kier molecular flexibility index (Phi) is 6.42. The standard InChI is InChI=1S/C57H39N3/c1-4-13-40(14-5-1)43-25-31-46(32-26-43)49-19-10-22-52(37-49)55-58-56(53-23-11-20-50(38-53)47-33-27-44(28-34-47)41-15-6-2-7-16-41)60-57(59-55)54-24-12-21-51(39-54)48-35-29-45(30-36-48)42-17-8-3-9-18-42/h1-39H/i1D,2D,3D,4D,5D,6D,7D,8D,9D,13D,14D,15D,16D,17D,18D. The van der Waals surface area contributed by atoms with Crippen molar-refractivity contribution < 1.29 is 20.6 Å². The molecule has 0 amide bonds. The minimum atomic E-state index is -0.461. The van der Waals surface area contributed by atoms with Gasteiger partial charge < -0.3 is 0 Å². The number of aromatic nitrogens is 3. The van der Waals surface area contributed by atoms with E-state index in [1.54, 1.807) is 36.4 Å². The van der Waals surface area contributed by atoms with Crippen molar-refractivity contribution in [3.63, 3.8) is 0 Å². The maximum atomic E-state index is 8.47. The zero-order chi connectivity index (χ0) is 53.1. The van der Waals surface area contributed by atoms with Gasteiger partial charge in [0.15, 0.2) is 17.5 Å². The Hall–Kier alpha value is -8.01. The number of benzene rings is 9. The average molecular weight is 781 g/mol. The van der Waals surface area contributed by atoms with E-state index in [2.05, 4.69) is 0 Å². The van der Waals surface area contributed by atoms with E-state index < -0.39 is 54.4 Å². The zero-order valence-electron chi connectivity index (χ0n) is 46.7. The summed E-state index contributed by atoms with van der Waals surface area (Å²) in [6, 6.07) is 38.5. The lowest BCUT2D eigenvalue weighted by Crippen LogP contribution is -2.00. The van der Waals surface area contributed by atoms with Gasteiger partial charge in [0, 0.05) is 16.7 Å². The lowest BCUT2D eigenvalue weighted by Gasteiger charge is -2.12. The molecular weight excluding hydrogens is 727 g/mol. The Morgan fingerprint density at radius 2 is 0.433 bits per heavy atom. The van der Waals surface area contributed by atoms with Gasteiger partial charge in [-0.3, -0.25) is 0 Å². The fourth-order valence-electron chi connectivity index (χ4n) is 6.95. The SMILES string of the molecule is [2H]c1c([2H])c([2H])c(-c2ccc(-c3cccc(-c4nc(-c5cccc(-c6ccc(-c7c([2H])c([2H])c([2H])c([2H])c7[2H])cc6)c5)nc(-c5cccc(-c6ccc(-c7c([2H])c([2H])c([2H])c([2H])c7[2H])cc6)c5)n4)c3)cc2)c([2H])c1[2H]. The largest absolute Gasteiger partial charge is 0.208 e. The highest BCUT2D eigenvalue weighted by Gasteiger charge is 2.15. The summed E-state index contributed by atoms with van der Waals surface area (Å²) in [6.45, 7) is 0. The van der Waals surface area contributed by atoms with Crippen molar-refractivity contribution in [2.75, 3.05) is 0 Å². The Morgan fingerprint density at radius 1 is 0.217 bits per heavy atom. The molecule has 3 heteroatoms. The van der Waals surface area contributed by atoms with Crippen LogP contribution in [-0.2, 0) is 0 Å². The fourth-order valence-corrected chi connectivity index (χ4v) is 6.95. The van der Waals surface area contributed by atoms with E-state index in [4.69, 9.17) is 35.5 Å². The molecule has 0 saturated heterocycles. The third kappa shape index (κ3) is 7.80. The van der Waals surface area contributed by atoms with Crippen LogP contribution in [-0.4, -0.2) is 15.0 Å². The molecule has 0 aliphatic rings. The molecule has 60 heavy (non-hydrogen) atoms. The van der Waals surface area contributed by atoms with E-state index >= 15 is 0 Å². The lowest BCUT2D eigenvalue weighted by molar-refractivity contribution is 1.07. The van der Waals surface area contributed by atoms with E-state index in [1.807, 2.05) is 109 Å². The smallest absolute Gasteiger partial charge is 0.164 e. The van der Waals surface area contributed by atoms with E-state index in [0.717, 1.165) is 33.4 Å². The van der Waals surface area contributed by atoms with Crippen molar-refractivity contribution in [2.24, 2.45) is 0 Å². The van der Waals surface area contributed by atoms with E-state index in [9.17, 15) is 0 Å². The molecule has 0 spiro atoms. The molecule has 10 rings (SSSR count). The molecule has 0 bridgehead atoms. The molecule has 3 nitrogen and oxygen atoms in total. The highest BCUT2D eigenvalue weighted by molar-refractivity contribution is 5.79. The van der Waals surface area contributed by atoms with Crippen molar-refractivity contribution in [3.8, 4) is 101 Å². The Morgan fingerprint density at radius 3 is 0.683 bits per heavy atom. The number of hydrogen-bond donors (Lipinski definition) is 0. The Bertz CT molecular complexity index is 3440. The van der Waals surface area contributed by atoms with Crippen molar-refractivity contribution in [1.29, 1.82) is 0 Å². The highest BCUT2D eigenvalue weighted by atomic mass is 15.0. The van der Waals surface area contributed by atoms with Gasteiger partial charge in [-0.1, -0.05) is 218 Å². The van der Waals surface area contributed by atoms with Gasteiger partial charge in [-0.15, -0.1) is 0 Å². The second kappa shape index (κ2) is 16.5. The highest BCUT2D eigenvalue weighted by Crippen LogP contribution is 2.33. The average Bonchev–Trinajstić information content (AvgIpc) is 3.44. The van der Waals surface area contributed by atoms with Crippen LogP contribution in [0.4, 0.5) is 0 Å². The first-order chi connectivity index (χ1) is 35.9. The first-order valence-electron chi connectivity index (χ1n) is 26.5. The van der Waals surface area contributed by atoms with Gasteiger partial charge in [-0.2, -0.15) is 0 Å². The molecular formula is C57H39N3. The van der Waals surface area contributed by atoms with Crippen LogP contribution in [0.5, 0.6) is 0 Å². The van der Waals surface area contributed by atoms with Gasteiger partial charge in [0.05, 0.1) is 20.6 Å². The monoisotopic (exact) mass is 780 g/mol. The summed E-state index contributed by atoms with van der Waals surface area (Å²) in [4.78, 5) is 15.1. The molecule has 0 fully saturated rings. The van der Waals surface area contributed by atoms with Gasteiger partial charge in [0.1, 0.15) is 0 Å².